The molecule has 6 heteroatoms. The molecule has 2 fully saturated rings. The van der Waals surface area contributed by atoms with E-state index < -0.39 is 0 Å². The molecule has 2 atom stereocenters. The third-order valence-corrected chi connectivity index (χ3v) is 6.48. The number of hydrogen-bond donors (Lipinski definition) is 2. The van der Waals surface area contributed by atoms with Crippen molar-refractivity contribution in [2.45, 2.75) is 39.5 Å². The Morgan fingerprint density at radius 1 is 0.893 bits per heavy atom. The number of piperidine rings is 2. The van der Waals surface area contributed by atoms with Crippen molar-refractivity contribution in [1.82, 2.24) is 9.97 Å². The highest BCUT2D eigenvalue weighted by atomic mass is 16.3. The highest BCUT2D eigenvalue weighted by molar-refractivity contribution is 5.90. The molecule has 0 bridgehead atoms. The molecule has 3 heterocycles. The van der Waals surface area contributed by atoms with Crippen LogP contribution in [0.5, 0.6) is 0 Å². The first-order chi connectivity index (χ1) is 13.5. The maximum absolute atomic E-state index is 9.88. The van der Waals surface area contributed by atoms with E-state index in [0.717, 1.165) is 74.5 Å². The van der Waals surface area contributed by atoms with Gasteiger partial charge in [0.2, 0.25) is 5.95 Å². The molecule has 2 aromatic rings. The molecule has 152 valence electrons. The number of anilines is 2. The van der Waals surface area contributed by atoms with Gasteiger partial charge in [0.1, 0.15) is 5.82 Å². The largest absolute Gasteiger partial charge is 0.396 e. The summed E-state index contributed by atoms with van der Waals surface area (Å²) in [6.07, 6.45) is 4.16. The van der Waals surface area contributed by atoms with Gasteiger partial charge >= 0.3 is 0 Å². The monoisotopic (exact) mass is 384 g/mol. The number of rotatable bonds is 4. The molecule has 2 N–H and O–H groups in total. The standard InChI is InChI=1S/C22H32N4O2/c1-21(15-27)9-5-11-25(13-21)19-17-7-3-4-8-18(17)23-20(24-19)26-12-6-10-22(2,14-26)16-28/h3-4,7-8,27-28H,5-6,9-16H2,1-2H3/t21-,22+/m0/s1. The molecule has 28 heavy (non-hydrogen) atoms. The van der Waals surface area contributed by atoms with E-state index in [0.29, 0.717) is 0 Å². The average molecular weight is 385 g/mol. The molecule has 2 aliphatic rings. The number of nitrogens with zero attached hydrogens (tertiary/aromatic N) is 4. The van der Waals surface area contributed by atoms with Crippen LogP contribution in [0.4, 0.5) is 11.8 Å². The Balaban J connectivity index is 1.74. The van der Waals surface area contributed by atoms with Crippen LogP contribution in [0.2, 0.25) is 0 Å². The van der Waals surface area contributed by atoms with E-state index in [4.69, 9.17) is 9.97 Å². The van der Waals surface area contributed by atoms with Gasteiger partial charge in [0, 0.05) is 42.4 Å². The van der Waals surface area contributed by atoms with Gasteiger partial charge in [-0.3, -0.25) is 0 Å². The lowest BCUT2D eigenvalue weighted by atomic mass is 9.82. The average Bonchev–Trinajstić information content (AvgIpc) is 2.73. The zero-order valence-electron chi connectivity index (χ0n) is 17.1. The smallest absolute Gasteiger partial charge is 0.227 e. The topological polar surface area (TPSA) is 72.7 Å². The Morgan fingerprint density at radius 2 is 1.50 bits per heavy atom. The molecule has 4 rings (SSSR count). The van der Waals surface area contributed by atoms with Crippen LogP contribution in [0, 0.1) is 10.8 Å². The zero-order chi connectivity index (χ0) is 19.8. The maximum Gasteiger partial charge on any atom is 0.227 e. The van der Waals surface area contributed by atoms with Gasteiger partial charge in [-0.25, -0.2) is 4.98 Å². The molecule has 0 radical (unpaired) electrons. The Bertz CT molecular complexity index is 844. The van der Waals surface area contributed by atoms with E-state index in [1.807, 2.05) is 18.2 Å². The van der Waals surface area contributed by atoms with Crippen molar-refractivity contribution >= 4 is 22.7 Å². The fourth-order valence-corrected chi connectivity index (χ4v) is 4.67. The Labute approximate surface area is 167 Å². The van der Waals surface area contributed by atoms with Gasteiger partial charge in [-0.05, 0) is 37.8 Å². The number of benzene rings is 1. The second kappa shape index (κ2) is 7.48. The summed E-state index contributed by atoms with van der Waals surface area (Å²) >= 11 is 0. The van der Waals surface area contributed by atoms with E-state index in [2.05, 4.69) is 29.7 Å². The normalized spacial score (nSPS) is 28.7. The molecule has 6 nitrogen and oxygen atoms in total. The third-order valence-electron chi connectivity index (χ3n) is 6.48. The van der Waals surface area contributed by atoms with E-state index in [1.54, 1.807) is 0 Å². The molecule has 1 aromatic heterocycles. The first-order valence-corrected chi connectivity index (χ1v) is 10.4. The van der Waals surface area contributed by atoms with E-state index >= 15 is 0 Å². The van der Waals surface area contributed by atoms with Crippen molar-refractivity contribution < 1.29 is 10.2 Å². The summed E-state index contributed by atoms with van der Waals surface area (Å²) in [4.78, 5) is 14.4. The van der Waals surface area contributed by atoms with Gasteiger partial charge < -0.3 is 20.0 Å². The van der Waals surface area contributed by atoms with E-state index in [9.17, 15) is 10.2 Å². The van der Waals surface area contributed by atoms with Crippen LogP contribution < -0.4 is 9.80 Å². The van der Waals surface area contributed by atoms with Crippen LogP contribution in [-0.2, 0) is 0 Å². The molecule has 1 aromatic carbocycles. The molecular weight excluding hydrogens is 352 g/mol. The summed E-state index contributed by atoms with van der Waals surface area (Å²) in [7, 11) is 0. The number of aromatic nitrogens is 2. The Hall–Kier alpha value is -1.92. The van der Waals surface area contributed by atoms with E-state index in [-0.39, 0.29) is 24.0 Å². The highest BCUT2D eigenvalue weighted by Crippen LogP contribution is 2.36. The lowest BCUT2D eigenvalue weighted by Gasteiger charge is -2.41. The van der Waals surface area contributed by atoms with Crippen molar-refractivity contribution in [3.63, 3.8) is 0 Å². The van der Waals surface area contributed by atoms with Crippen molar-refractivity contribution in [1.29, 1.82) is 0 Å². The van der Waals surface area contributed by atoms with Crippen LogP contribution in [0.3, 0.4) is 0 Å². The summed E-state index contributed by atoms with van der Waals surface area (Å²) in [6, 6.07) is 8.19. The summed E-state index contributed by atoms with van der Waals surface area (Å²) in [5.74, 6) is 1.72. The number of aliphatic hydroxyl groups excluding tert-OH is 2. The second-order valence-electron chi connectivity index (χ2n) is 9.35. The maximum atomic E-state index is 9.88. The fourth-order valence-electron chi connectivity index (χ4n) is 4.67. The molecule has 2 saturated heterocycles. The predicted octanol–water partition coefficient (Wildman–Crippen LogP) is 2.83. The van der Waals surface area contributed by atoms with Crippen LogP contribution in [0.25, 0.3) is 10.9 Å². The minimum atomic E-state index is -0.103. The zero-order valence-corrected chi connectivity index (χ0v) is 17.1. The first kappa shape index (κ1) is 19.4. The number of fused-ring (bicyclic) bond motifs is 1. The van der Waals surface area contributed by atoms with Gasteiger partial charge in [-0.1, -0.05) is 26.0 Å². The Kier molecular flexibility index (Phi) is 5.19. The molecule has 0 saturated carbocycles. The molecule has 0 aliphatic carbocycles. The van der Waals surface area contributed by atoms with Gasteiger partial charge in [0.05, 0.1) is 18.7 Å². The van der Waals surface area contributed by atoms with Crippen molar-refractivity contribution in [3.05, 3.63) is 24.3 Å². The van der Waals surface area contributed by atoms with Crippen molar-refractivity contribution in [3.8, 4) is 0 Å². The fraction of sp³-hybridized carbons (Fsp3) is 0.636. The Morgan fingerprint density at radius 3 is 2.18 bits per heavy atom. The number of aliphatic hydroxyl groups is 2. The summed E-state index contributed by atoms with van der Waals surface area (Å²) in [5.41, 5.74) is 0.758. The first-order valence-electron chi connectivity index (χ1n) is 10.4. The summed E-state index contributed by atoms with van der Waals surface area (Å²) in [5, 5.41) is 20.8. The second-order valence-corrected chi connectivity index (χ2v) is 9.35. The highest BCUT2D eigenvalue weighted by Gasteiger charge is 2.34. The van der Waals surface area contributed by atoms with Crippen molar-refractivity contribution in [2.75, 3.05) is 49.2 Å². The molecule has 0 amide bonds. The number of hydrogen-bond acceptors (Lipinski definition) is 6. The summed E-state index contributed by atoms with van der Waals surface area (Å²) < 4.78 is 0. The predicted molar refractivity (Wildman–Crippen MR) is 113 cm³/mol. The number of para-hydroxylation sites is 1. The lowest BCUT2D eigenvalue weighted by Crippen LogP contribution is -2.45. The lowest BCUT2D eigenvalue weighted by molar-refractivity contribution is 0.122. The summed E-state index contributed by atoms with van der Waals surface area (Å²) in [6.45, 7) is 8.12. The molecular formula is C22H32N4O2. The van der Waals surface area contributed by atoms with Crippen LogP contribution >= 0.6 is 0 Å². The van der Waals surface area contributed by atoms with Gasteiger partial charge in [0.25, 0.3) is 0 Å². The third kappa shape index (κ3) is 3.67. The SMILES string of the molecule is C[C@]1(CO)CCCN(c2nc(N3CCC[C@@](C)(CO)C3)nc3ccccc23)C1. The minimum absolute atomic E-state index is 0.0922. The minimum Gasteiger partial charge on any atom is -0.396 e. The van der Waals surface area contributed by atoms with Crippen LogP contribution in [0.15, 0.2) is 24.3 Å². The van der Waals surface area contributed by atoms with Gasteiger partial charge in [-0.2, -0.15) is 4.98 Å². The van der Waals surface area contributed by atoms with Crippen molar-refractivity contribution in [2.24, 2.45) is 10.8 Å². The quantitative estimate of drug-likeness (QED) is 0.845. The molecule has 2 aliphatic heterocycles. The molecule has 0 spiro atoms. The van der Waals surface area contributed by atoms with Gasteiger partial charge in [0.15, 0.2) is 0 Å². The van der Waals surface area contributed by atoms with Gasteiger partial charge in [-0.15, -0.1) is 0 Å². The van der Waals surface area contributed by atoms with E-state index in [1.165, 1.54) is 0 Å². The van der Waals surface area contributed by atoms with Crippen LogP contribution in [-0.4, -0.2) is 59.6 Å². The molecule has 0 unspecified atom stereocenters. The van der Waals surface area contributed by atoms with Crippen LogP contribution in [0.1, 0.15) is 39.5 Å².